The Bertz CT molecular complexity index is 1200. The summed E-state index contributed by atoms with van der Waals surface area (Å²) in [6.07, 6.45) is 7.17. The van der Waals surface area contributed by atoms with Crippen LogP contribution in [0.25, 0.3) is 0 Å². The van der Waals surface area contributed by atoms with Gasteiger partial charge in [-0.05, 0) is 87.9 Å². The van der Waals surface area contributed by atoms with Gasteiger partial charge in [-0.3, -0.25) is 14.5 Å². The number of para-hydroxylation sites is 1. The number of aryl methyl sites for hydroxylation is 2. The van der Waals surface area contributed by atoms with Crippen LogP contribution in [0.1, 0.15) is 49.9 Å². The number of thioether (sulfide) groups is 1. The average molecular weight is 560 g/mol. The number of alkyl carbamates (subject to hydrolysis) is 1. The van der Waals surface area contributed by atoms with Crippen LogP contribution in [0.4, 0.5) is 10.5 Å². The van der Waals surface area contributed by atoms with Gasteiger partial charge in [0.05, 0.1) is 10.7 Å². The van der Waals surface area contributed by atoms with Crippen LogP contribution in [0.5, 0.6) is 5.75 Å². The van der Waals surface area contributed by atoms with Gasteiger partial charge in [0.1, 0.15) is 23.4 Å². The van der Waals surface area contributed by atoms with Crippen molar-refractivity contribution in [3.05, 3.63) is 58.1 Å². The third-order valence-electron chi connectivity index (χ3n) is 5.49. The molecule has 0 aliphatic rings. The van der Waals surface area contributed by atoms with Crippen molar-refractivity contribution in [2.75, 3.05) is 17.3 Å². The molecule has 0 aliphatic carbocycles. The predicted octanol–water partition coefficient (Wildman–Crippen LogP) is 5.41. The second-order valence-electron chi connectivity index (χ2n) is 9.69. The van der Waals surface area contributed by atoms with Crippen molar-refractivity contribution in [1.82, 2.24) is 10.2 Å². The van der Waals surface area contributed by atoms with E-state index in [-0.39, 0.29) is 12.2 Å². The highest BCUT2D eigenvalue weighted by atomic mass is 35.5. The lowest BCUT2D eigenvalue weighted by molar-refractivity contribution is -0.136. The molecule has 0 aliphatic heterocycles. The van der Waals surface area contributed by atoms with Crippen molar-refractivity contribution in [3.8, 4) is 18.2 Å². The van der Waals surface area contributed by atoms with Crippen LogP contribution in [0.3, 0.4) is 0 Å². The van der Waals surface area contributed by atoms with Crippen LogP contribution < -0.4 is 10.6 Å². The van der Waals surface area contributed by atoms with Crippen LogP contribution in [0.2, 0.25) is 5.02 Å². The minimum atomic E-state index is -1.29. The number of carbonyl (C=O) groups is 3. The number of amides is 3. The molecule has 38 heavy (non-hydrogen) atoms. The van der Waals surface area contributed by atoms with Crippen LogP contribution in [-0.4, -0.2) is 51.6 Å². The molecular formula is C28H34ClN3O5S. The van der Waals surface area contributed by atoms with Crippen molar-refractivity contribution >= 4 is 47.0 Å². The highest BCUT2D eigenvalue weighted by molar-refractivity contribution is 7.98. The van der Waals surface area contributed by atoms with E-state index >= 15 is 0 Å². The molecule has 0 heterocycles. The van der Waals surface area contributed by atoms with Crippen LogP contribution in [0, 0.1) is 26.3 Å². The van der Waals surface area contributed by atoms with E-state index in [0.717, 1.165) is 10.5 Å². The Morgan fingerprint density at radius 2 is 1.87 bits per heavy atom. The number of benzene rings is 2. The lowest BCUT2D eigenvalue weighted by Gasteiger charge is -2.30. The fraction of sp³-hybridized carbons (Fsp3) is 0.393. The number of hydrogen-bond donors (Lipinski definition) is 3. The number of ether oxygens (including phenoxy) is 1. The topological polar surface area (TPSA) is 108 Å². The highest BCUT2D eigenvalue weighted by Crippen LogP contribution is 2.31. The maximum absolute atomic E-state index is 13.8. The predicted molar refractivity (Wildman–Crippen MR) is 152 cm³/mol. The van der Waals surface area contributed by atoms with E-state index in [0.29, 0.717) is 27.6 Å². The summed E-state index contributed by atoms with van der Waals surface area (Å²) in [6, 6.07) is 9.69. The molecule has 0 spiro atoms. The van der Waals surface area contributed by atoms with Gasteiger partial charge in [0.25, 0.3) is 11.8 Å². The van der Waals surface area contributed by atoms with Crippen molar-refractivity contribution in [2.24, 2.45) is 0 Å². The molecule has 3 N–H and O–H groups in total. The van der Waals surface area contributed by atoms with Gasteiger partial charge >= 0.3 is 6.09 Å². The largest absolute Gasteiger partial charge is 0.508 e. The first-order chi connectivity index (χ1) is 17.8. The normalized spacial score (nSPS) is 12.6. The van der Waals surface area contributed by atoms with E-state index in [9.17, 15) is 19.5 Å². The SMILES string of the molecule is C#CN(C(=O)C(CCSC)NC(=O)OC(C)(C)C)C(C(=O)Nc1c(C)cccc1Cl)c1ccc(O)c(C)c1. The molecule has 204 valence electrons. The van der Waals surface area contributed by atoms with Crippen molar-refractivity contribution in [1.29, 1.82) is 0 Å². The maximum atomic E-state index is 13.8. The maximum Gasteiger partial charge on any atom is 0.408 e. The third-order valence-corrected chi connectivity index (χ3v) is 6.45. The standard InChI is InChI=1S/C28H34ClN3O5S/c1-8-32(26(35)21(14-15-38-7)30-27(36)37-28(4,5)6)24(19-12-13-22(33)18(3)16-19)25(34)31-23-17(2)10-9-11-20(23)29/h1,9-13,16,21,24,33H,14-15H2,2-7H3,(H,30,36)(H,31,34). The van der Waals surface area contributed by atoms with E-state index in [1.165, 1.54) is 23.9 Å². The zero-order valence-corrected chi connectivity index (χ0v) is 24.0. The summed E-state index contributed by atoms with van der Waals surface area (Å²) in [7, 11) is 0. The van der Waals surface area contributed by atoms with Gasteiger partial charge in [0.15, 0.2) is 0 Å². The number of hydrogen-bond acceptors (Lipinski definition) is 6. The Morgan fingerprint density at radius 1 is 1.18 bits per heavy atom. The van der Waals surface area contributed by atoms with Gasteiger partial charge < -0.3 is 20.5 Å². The number of phenols is 1. The molecule has 8 nitrogen and oxygen atoms in total. The van der Waals surface area contributed by atoms with Gasteiger partial charge in [0, 0.05) is 6.04 Å². The Morgan fingerprint density at radius 3 is 2.42 bits per heavy atom. The number of terminal acetylenes is 1. The summed E-state index contributed by atoms with van der Waals surface area (Å²) in [5.41, 5.74) is 1.19. The van der Waals surface area contributed by atoms with Crippen LogP contribution in [0.15, 0.2) is 36.4 Å². The molecular weight excluding hydrogens is 526 g/mol. The minimum Gasteiger partial charge on any atom is -0.508 e. The summed E-state index contributed by atoms with van der Waals surface area (Å²) in [5, 5.41) is 15.8. The first-order valence-corrected chi connectivity index (χ1v) is 13.7. The Labute approximate surface area is 233 Å². The molecule has 0 saturated heterocycles. The number of phenolic OH excluding ortho intramolecular Hbond substituents is 1. The molecule has 2 unspecified atom stereocenters. The second kappa shape index (κ2) is 13.4. The number of anilines is 1. The minimum absolute atomic E-state index is 0.0258. The first kappa shape index (κ1) is 30.9. The number of nitrogens with one attached hydrogen (secondary N) is 2. The number of carbonyl (C=O) groups excluding carboxylic acids is 3. The molecule has 10 heteroatoms. The first-order valence-electron chi connectivity index (χ1n) is 11.9. The van der Waals surface area contributed by atoms with Gasteiger partial charge in [-0.25, -0.2) is 4.79 Å². The lowest BCUT2D eigenvalue weighted by Crippen LogP contribution is -2.51. The number of aromatic hydroxyl groups is 1. The third kappa shape index (κ3) is 8.33. The van der Waals surface area contributed by atoms with Gasteiger partial charge in [-0.2, -0.15) is 11.8 Å². The summed E-state index contributed by atoms with van der Waals surface area (Å²) >= 11 is 7.82. The van der Waals surface area contributed by atoms with Crippen molar-refractivity contribution in [2.45, 2.75) is 58.7 Å². The smallest absolute Gasteiger partial charge is 0.408 e. The summed E-state index contributed by atoms with van der Waals surface area (Å²) in [6.45, 7) is 8.59. The lowest BCUT2D eigenvalue weighted by atomic mass is 10.00. The molecule has 2 aromatic carbocycles. The van der Waals surface area contributed by atoms with E-state index in [1.54, 1.807) is 58.9 Å². The van der Waals surface area contributed by atoms with Gasteiger partial charge in [0.2, 0.25) is 0 Å². The van der Waals surface area contributed by atoms with Crippen molar-refractivity contribution < 1.29 is 24.2 Å². The second-order valence-corrected chi connectivity index (χ2v) is 11.1. The zero-order chi connectivity index (χ0) is 28.6. The fourth-order valence-corrected chi connectivity index (χ4v) is 4.36. The molecule has 2 atom stereocenters. The molecule has 0 radical (unpaired) electrons. The van der Waals surface area contributed by atoms with Crippen LogP contribution in [-0.2, 0) is 14.3 Å². The molecule has 0 aromatic heterocycles. The molecule has 0 fully saturated rings. The fourth-order valence-electron chi connectivity index (χ4n) is 3.62. The van der Waals surface area contributed by atoms with Crippen LogP contribution >= 0.6 is 23.4 Å². The highest BCUT2D eigenvalue weighted by Gasteiger charge is 2.36. The molecule has 3 amide bonds. The van der Waals surface area contributed by atoms with Crippen molar-refractivity contribution in [3.63, 3.8) is 0 Å². The summed E-state index contributed by atoms with van der Waals surface area (Å²) < 4.78 is 5.34. The molecule has 0 saturated carbocycles. The van der Waals surface area contributed by atoms with Gasteiger partial charge in [-0.1, -0.05) is 36.2 Å². The zero-order valence-electron chi connectivity index (χ0n) is 22.4. The average Bonchev–Trinajstić information content (AvgIpc) is 2.82. The molecule has 2 rings (SSSR count). The monoisotopic (exact) mass is 559 g/mol. The Balaban J connectivity index is 2.52. The number of rotatable bonds is 9. The summed E-state index contributed by atoms with van der Waals surface area (Å²) in [5.74, 6) is -0.705. The van der Waals surface area contributed by atoms with Gasteiger partial charge in [-0.15, -0.1) is 0 Å². The van der Waals surface area contributed by atoms with E-state index in [2.05, 4.69) is 16.7 Å². The van der Waals surface area contributed by atoms with E-state index in [4.69, 9.17) is 22.8 Å². The molecule has 0 bridgehead atoms. The van der Waals surface area contributed by atoms with E-state index in [1.807, 2.05) is 6.26 Å². The Kier molecular flexibility index (Phi) is 10.9. The number of halogens is 1. The van der Waals surface area contributed by atoms with E-state index < -0.39 is 35.6 Å². The molecule has 2 aromatic rings. The quantitative estimate of drug-likeness (QED) is 0.280. The number of nitrogens with zero attached hydrogens (tertiary/aromatic N) is 1. The Hall–Kier alpha value is -3.35. The summed E-state index contributed by atoms with van der Waals surface area (Å²) in [4.78, 5) is 41.0.